The molecule has 0 radical (unpaired) electrons. The molecule has 0 bridgehead atoms. The predicted molar refractivity (Wildman–Crippen MR) is 106 cm³/mol. The summed E-state index contributed by atoms with van der Waals surface area (Å²) in [7, 11) is 0. The quantitative estimate of drug-likeness (QED) is 0.467. The second kappa shape index (κ2) is 7.51. The van der Waals surface area contributed by atoms with Gasteiger partial charge in [0.25, 0.3) is 0 Å². The van der Waals surface area contributed by atoms with Gasteiger partial charge in [-0.05, 0) is 48.0 Å². The molecule has 124 valence electrons. The molecule has 0 spiro atoms. The molecule has 2 aromatic heterocycles. The van der Waals surface area contributed by atoms with E-state index in [-0.39, 0.29) is 12.4 Å². The molecule has 2 heterocycles. The third kappa shape index (κ3) is 3.58. The number of nitrogens with zero attached hydrogens (tertiary/aromatic N) is 3. The topological polar surface area (TPSA) is 30.7 Å². The molecular weight excluding hydrogens is 353 g/mol. The van der Waals surface area contributed by atoms with E-state index in [1.54, 1.807) is 6.20 Å². The van der Waals surface area contributed by atoms with Crippen LogP contribution < -0.4 is 0 Å². The Morgan fingerprint density at radius 2 is 1.72 bits per heavy atom. The van der Waals surface area contributed by atoms with E-state index in [9.17, 15) is 0 Å². The van der Waals surface area contributed by atoms with Crippen LogP contribution in [0.25, 0.3) is 29.0 Å². The van der Waals surface area contributed by atoms with Crippen LogP contribution in [0.15, 0.2) is 72.9 Å². The van der Waals surface area contributed by atoms with Crippen LogP contribution >= 0.6 is 24.0 Å². The van der Waals surface area contributed by atoms with E-state index in [0.717, 1.165) is 33.3 Å². The maximum atomic E-state index is 6.05. The summed E-state index contributed by atoms with van der Waals surface area (Å²) in [6.07, 6.45) is 5.78. The van der Waals surface area contributed by atoms with E-state index in [1.807, 2.05) is 78.9 Å². The highest BCUT2D eigenvalue weighted by atomic mass is 35.5. The van der Waals surface area contributed by atoms with Crippen LogP contribution in [0.2, 0.25) is 5.02 Å². The molecule has 4 aromatic rings. The van der Waals surface area contributed by atoms with E-state index in [4.69, 9.17) is 16.6 Å². The van der Waals surface area contributed by atoms with Crippen LogP contribution in [0.1, 0.15) is 11.4 Å². The molecular formula is C20H15Cl2N3. The molecule has 0 atom stereocenters. The van der Waals surface area contributed by atoms with Crippen LogP contribution in [-0.2, 0) is 0 Å². The maximum absolute atomic E-state index is 6.05. The minimum Gasteiger partial charge on any atom is -0.277 e. The third-order valence-electron chi connectivity index (χ3n) is 3.74. The van der Waals surface area contributed by atoms with Gasteiger partial charge in [-0.25, -0.2) is 9.97 Å². The van der Waals surface area contributed by atoms with Crippen LogP contribution in [0, 0.1) is 0 Å². The van der Waals surface area contributed by atoms with Crippen LogP contribution in [0.4, 0.5) is 0 Å². The lowest BCUT2D eigenvalue weighted by Crippen LogP contribution is -1.99. The van der Waals surface area contributed by atoms with Gasteiger partial charge in [-0.15, -0.1) is 12.4 Å². The van der Waals surface area contributed by atoms with E-state index in [1.165, 1.54) is 0 Å². The smallest absolute Gasteiger partial charge is 0.139 e. The molecule has 25 heavy (non-hydrogen) atoms. The summed E-state index contributed by atoms with van der Waals surface area (Å²) in [5.41, 5.74) is 3.00. The highest BCUT2D eigenvalue weighted by Gasteiger charge is 2.10. The summed E-state index contributed by atoms with van der Waals surface area (Å²) in [6, 6.07) is 21.6. The second-order valence-corrected chi connectivity index (χ2v) is 5.81. The molecule has 0 unspecified atom stereocenters. The lowest BCUT2D eigenvalue weighted by molar-refractivity contribution is 1.01. The van der Waals surface area contributed by atoms with Crippen molar-refractivity contribution in [3.05, 3.63) is 89.3 Å². The van der Waals surface area contributed by atoms with Crippen molar-refractivity contribution in [2.45, 2.75) is 0 Å². The molecule has 0 aliphatic rings. The number of hydrogen-bond acceptors (Lipinski definition) is 2. The lowest BCUT2D eigenvalue weighted by atomic mass is 10.2. The fraction of sp³-hybridized carbons (Fsp3) is 0. The Hall–Kier alpha value is -2.62. The molecule has 0 saturated heterocycles. The van der Waals surface area contributed by atoms with Crippen molar-refractivity contribution in [2.24, 2.45) is 0 Å². The maximum Gasteiger partial charge on any atom is 0.139 e. The lowest BCUT2D eigenvalue weighted by Gasteiger charge is -2.05. The van der Waals surface area contributed by atoms with Crippen molar-refractivity contribution in [2.75, 3.05) is 0 Å². The fourth-order valence-electron chi connectivity index (χ4n) is 2.66. The van der Waals surface area contributed by atoms with Crippen molar-refractivity contribution in [3.8, 4) is 5.82 Å². The van der Waals surface area contributed by atoms with E-state index in [2.05, 4.69) is 9.55 Å². The molecule has 0 aliphatic heterocycles. The minimum atomic E-state index is 0. The number of benzene rings is 2. The number of pyridine rings is 1. The van der Waals surface area contributed by atoms with E-state index < -0.39 is 0 Å². The molecule has 0 fully saturated rings. The Labute approximate surface area is 157 Å². The number of fused-ring (bicyclic) bond motifs is 1. The Kier molecular flexibility index (Phi) is 5.17. The molecule has 5 heteroatoms. The first-order valence-corrected chi connectivity index (χ1v) is 8.01. The van der Waals surface area contributed by atoms with Crippen LogP contribution in [0.3, 0.4) is 0 Å². The largest absolute Gasteiger partial charge is 0.277 e. The summed E-state index contributed by atoms with van der Waals surface area (Å²) in [5, 5.41) is 0.718. The standard InChI is InChI=1S/C20H14ClN3.ClH/c21-16-7-5-6-15(14-16)11-12-20-23-17-8-1-2-9-18(17)24(20)19-10-3-4-13-22-19;/h1-14H;1H. The van der Waals surface area contributed by atoms with Gasteiger partial charge in [-0.1, -0.05) is 48.0 Å². The van der Waals surface area contributed by atoms with Crippen molar-refractivity contribution >= 4 is 47.2 Å². The summed E-state index contributed by atoms with van der Waals surface area (Å²) in [6.45, 7) is 0. The van der Waals surface area contributed by atoms with Gasteiger partial charge in [0.15, 0.2) is 0 Å². The van der Waals surface area contributed by atoms with Crippen molar-refractivity contribution < 1.29 is 0 Å². The average molecular weight is 368 g/mol. The summed E-state index contributed by atoms with van der Waals surface area (Å²) >= 11 is 6.05. The minimum absolute atomic E-state index is 0. The van der Waals surface area contributed by atoms with Gasteiger partial charge in [0.2, 0.25) is 0 Å². The molecule has 4 rings (SSSR count). The average Bonchev–Trinajstić information content (AvgIpc) is 2.99. The Balaban J connectivity index is 0.00000182. The van der Waals surface area contributed by atoms with Crippen molar-refractivity contribution in [1.29, 1.82) is 0 Å². The number of imidazole rings is 1. The summed E-state index contributed by atoms with van der Waals surface area (Å²) in [4.78, 5) is 9.20. The SMILES string of the molecule is Cl.Clc1cccc(C=Cc2nc3ccccc3n2-c2ccccn2)c1. The number of hydrogen-bond donors (Lipinski definition) is 0. The van der Waals surface area contributed by atoms with Gasteiger partial charge in [-0.3, -0.25) is 4.57 Å². The fourth-order valence-corrected chi connectivity index (χ4v) is 2.86. The second-order valence-electron chi connectivity index (χ2n) is 5.37. The van der Waals surface area contributed by atoms with Crippen LogP contribution in [-0.4, -0.2) is 14.5 Å². The Morgan fingerprint density at radius 3 is 2.52 bits per heavy atom. The zero-order valence-corrected chi connectivity index (χ0v) is 14.8. The Bertz CT molecular complexity index is 1020. The Morgan fingerprint density at radius 1 is 0.880 bits per heavy atom. The first kappa shape index (κ1) is 17.2. The van der Waals surface area contributed by atoms with Gasteiger partial charge in [0, 0.05) is 11.2 Å². The van der Waals surface area contributed by atoms with Gasteiger partial charge in [0.1, 0.15) is 11.6 Å². The van der Waals surface area contributed by atoms with Gasteiger partial charge >= 0.3 is 0 Å². The predicted octanol–water partition coefficient (Wildman–Crippen LogP) is 5.67. The first-order valence-electron chi connectivity index (χ1n) is 7.64. The summed E-state index contributed by atoms with van der Waals surface area (Å²) < 4.78 is 2.05. The van der Waals surface area contributed by atoms with E-state index in [0.29, 0.717) is 0 Å². The van der Waals surface area contributed by atoms with Crippen molar-refractivity contribution in [1.82, 2.24) is 14.5 Å². The summed E-state index contributed by atoms with van der Waals surface area (Å²) in [5.74, 6) is 1.67. The third-order valence-corrected chi connectivity index (χ3v) is 3.97. The zero-order valence-electron chi connectivity index (χ0n) is 13.2. The number of aromatic nitrogens is 3. The van der Waals surface area contributed by atoms with Gasteiger partial charge < -0.3 is 0 Å². The number of para-hydroxylation sites is 2. The highest BCUT2D eigenvalue weighted by molar-refractivity contribution is 6.30. The van der Waals surface area contributed by atoms with E-state index >= 15 is 0 Å². The molecule has 0 amide bonds. The van der Waals surface area contributed by atoms with Gasteiger partial charge in [0.05, 0.1) is 11.0 Å². The van der Waals surface area contributed by atoms with Crippen LogP contribution in [0.5, 0.6) is 0 Å². The number of halogens is 2. The molecule has 0 N–H and O–H groups in total. The zero-order chi connectivity index (χ0) is 16.4. The number of rotatable bonds is 3. The monoisotopic (exact) mass is 367 g/mol. The van der Waals surface area contributed by atoms with Crippen molar-refractivity contribution in [3.63, 3.8) is 0 Å². The normalized spacial score (nSPS) is 10.9. The van der Waals surface area contributed by atoms with Gasteiger partial charge in [-0.2, -0.15) is 0 Å². The molecule has 0 aliphatic carbocycles. The molecule has 0 saturated carbocycles. The molecule has 3 nitrogen and oxygen atoms in total. The molecule has 2 aromatic carbocycles. The first-order chi connectivity index (χ1) is 11.8. The highest BCUT2D eigenvalue weighted by Crippen LogP contribution is 2.22.